The Bertz CT molecular complexity index is 443. The highest BCUT2D eigenvalue weighted by Gasteiger charge is 2.03. The highest BCUT2D eigenvalue weighted by molar-refractivity contribution is 6.30. The average molecular weight is 207 g/mol. The van der Waals surface area contributed by atoms with Crippen LogP contribution in [0, 0.1) is 6.92 Å². The van der Waals surface area contributed by atoms with Gasteiger partial charge >= 0.3 is 0 Å². The van der Waals surface area contributed by atoms with E-state index in [2.05, 4.69) is 11.2 Å². The van der Waals surface area contributed by atoms with Gasteiger partial charge in [0, 0.05) is 12.1 Å². The molecule has 0 aliphatic rings. The second kappa shape index (κ2) is 3.46. The van der Waals surface area contributed by atoms with Crippen molar-refractivity contribution in [2.75, 3.05) is 0 Å². The molecule has 3 heteroatoms. The summed E-state index contributed by atoms with van der Waals surface area (Å²) < 4.78 is 1.87. The molecule has 0 amide bonds. The fraction of sp³-hybridized carbons (Fsp3) is 0.182. The van der Waals surface area contributed by atoms with E-state index in [1.165, 1.54) is 0 Å². The van der Waals surface area contributed by atoms with Crippen molar-refractivity contribution in [1.82, 2.24) is 9.78 Å². The van der Waals surface area contributed by atoms with Gasteiger partial charge in [-0.1, -0.05) is 23.7 Å². The lowest BCUT2D eigenvalue weighted by Crippen LogP contribution is -1.93. The van der Waals surface area contributed by atoms with Gasteiger partial charge in [0.2, 0.25) is 0 Å². The molecule has 14 heavy (non-hydrogen) atoms. The topological polar surface area (TPSA) is 17.8 Å². The lowest BCUT2D eigenvalue weighted by molar-refractivity contribution is 0.764. The first-order valence-electron chi connectivity index (χ1n) is 4.43. The zero-order valence-corrected chi connectivity index (χ0v) is 8.92. The number of hydrogen-bond acceptors (Lipinski definition) is 1. The van der Waals surface area contributed by atoms with Crippen LogP contribution in [0.3, 0.4) is 0 Å². The fourth-order valence-electron chi connectivity index (χ4n) is 1.50. The molecule has 0 bridgehead atoms. The maximum absolute atomic E-state index is 5.82. The van der Waals surface area contributed by atoms with Gasteiger partial charge in [0.1, 0.15) is 0 Å². The van der Waals surface area contributed by atoms with Crippen molar-refractivity contribution < 1.29 is 0 Å². The van der Waals surface area contributed by atoms with Gasteiger partial charge in [0.25, 0.3) is 0 Å². The first-order chi connectivity index (χ1) is 6.66. The molecule has 0 saturated heterocycles. The Morgan fingerprint density at radius 2 is 1.86 bits per heavy atom. The molecular weight excluding hydrogens is 196 g/mol. The SMILES string of the molecule is Cc1cc(-c2ccc(Cl)cc2)n(C)n1. The Hall–Kier alpha value is -1.28. The number of hydrogen-bond donors (Lipinski definition) is 0. The van der Waals surface area contributed by atoms with Crippen LogP contribution in [0.5, 0.6) is 0 Å². The first-order valence-corrected chi connectivity index (χ1v) is 4.81. The highest BCUT2D eigenvalue weighted by atomic mass is 35.5. The Balaban J connectivity index is 2.49. The van der Waals surface area contributed by atoms with E-state index >= 15 is 0 Å². The molecule has 0 aliphatic carbocycles. The monoisotopic (exact) mass is 206 g/mol. The smallest absolute Gasteiger partial charge is 0.0681 e. The Morgan fingerprint density at radius 3 is 2.36 bits per heavy atom. The summed E-state index contributed by atoms with van der Waals surface area (Å²) >= 11 is 5.82. The number of halogens is 1. The van der Waals surface area contributed by atoms with Crippen LogP contribution in [0.15, 0.2) is 30.3 Å². The van der Waals surface area contributed by atoms with Crippen LogP contribution in [-0.2, 0) is 7.05 Å². The fourth-order valence-corrected chi connectivity index (χ4v) is 1.63. The number of nitrogens with zero attached hydrogens (tertiary/aromatic N) is 2. The number of aryl methyl sites for hydroxylation is 2. The number of benzene rings is 1. The molecule has 2 rings (SSSR count). The summed E-state index contributed by atoms with van der Waals surface area (Å²) in [5, 5.41) is 5.05. The molecule has 1 aromatic heterocycles. The summed E-state index contributed by atoms with van der Waals surface area (Å²) in [4.78, 5) is 0. The molecule has 72 valence electrons. The molecule has 0 saturated carbocycles. The first kappa shape index (κ1) is 9.28. The van der Waals surface area contributed by atoms with E-state index in [0.717, 1.165) is 22.0 Å². The quantitative estimate of drug-likeness (QED) is 0.701. The predicted octanol–water partition coefficient (Wildman–Crippen LogP) is 3.05. The van der Waals surface area contributed by atoms with Gasteiger partial charge < -0.3 is 0 Å². The summed E-state index contributed by atoms with van der Waals surface area (Å²) in [5.41, 5.74) is 3.27. The van der Waals surface area contributed by atoms with Gasteiger partial charge in [-0.25, -0.2) is 0 Å². The third-order valence-electron chi connectivity index (χ3n) is 2.14. The van der Waals surface area contributed by atoms with Crippen LogP contribution in [0.4, 0.5) is 0 Å². The maximum atomic E-state index is 5.82. The summed E-state index contributed by atoms with van der Waals surface area (Å²) in [6.45, 7) is 1.99. The molecule has 0 spiro atoms. The van der Waals surface area contributed by atoms with E-state index in [9.17, 15) is 0 Å². The lowest BCUT2D eigenvalue weighted by atomic mass is 10.1. The van der Waals surface area contributed by atoms with E-state index in [-0.39, 0.29) is 0 Å². The van der Waals surface area contributed by atoms with Crippen LogP contribution < -0.4 is 0 Å². The maximum Gasteiger partial charge on any atom is 0.0681 e. The van der Waals surface area contributed by atoms with Crippen LogP contribution in [0.2, 0.25) is 5.02 Å². The van der Waals surface area contributed by atoms with Crippen molar-refractivity contribution in [2.45, 2.75) is 6.92 Å². The summed E-state index contributed by atoms with van der Waals surface area (Å²) in [6.07, 6.45) is 0. The van der Waals surface area contributed by atoms with E-state index in [1.807, 2.05) is 42.9 Å². The molecular formula is C11H11ClN2. The van der Waals surface area contributed by atoms with Crippen molar-refractivity contribution >= 4 is 11.6 Å². The van der Waals surface area contributed by atoms with Crippen LogP contribution in [0.25, 0.3) is 11.3 Å². The molecule has 0 atom stereocenters. The molecule has 0 aliphatic heterocycles. The van der Waals surface area contributed by atoms with Crippen molar-refractivity contribution in [3.63, 3.8) is 0 Å². The minimum atomic E-state index is 0.757. The van der Waals surface area contributed by atoms with E-state index < -0.39 is 0 Å². The standard InChI is InChI=1S/C11H11ClN2/c1-8-7-11(14(2)13-8)9-3-5-10(12)6-4-9/h3-7H,1-2H3. The van der Waals surface area contributed by atoms with Gasteiger partial charge in [-0.2, -0.15) is 5.10 Å². The van der Waals surface area contributed by atoms with Crippen molar-refractivity contribution in [3.8, 4) is 11.3 Å². The van der Waals surface area contributed by atoms with Gasteiger partial charge in [0.05, 0.1) is 11.4 Å². The number of aromatic nitrogens is 2. The van der Waals surface area contributed by atoms with Gasteiger partial charge in [-0.3, -0.25) is 4.68 Å². The second-order valence-corrected chi connectivity index (χ2v) is 3.74. The van der Waals surface area contributed by atoms with Gasteiger partial charge in [-0.05, 0) is 30.7 Å². The third-order valence-corrected chi connectivity index (χ3v) is 2.39. The van der Waals surface area contributed by atoms with Gasteiger partial charge in [-0.15, -0.1) is 0 Å². The van der Waals surface area contributed by atoms with Crippen molar-refractivity contribution in [3.05, 3.63) is 41.0 Å². The summed E-state index contributed by atoms with van der Waals surface area (Å²) in [6, 6.07) is 9.83. The predicted molar refractivity (Wildman–Crippen MR) is 58.4 cm³/mol. The largest absolute Gasteiger partial charge is 0.268 e. The van der Waals surface area contributed by atoms with Crippen LogP contribution >= 0.6 is 11.6 Å². The van der Waals surface area contributed by atoms with Crippen molar-refractivity contribution in [2.24, 2.45) is 7.05 Å². The molecule has 0 fully saturated rings. The minimum absolute atomic E-state index is 0.757. The summed E-state index contributed by atoms with van der Waals surface area (Å²) in [7, 11) is 1.94. The summed E-state index contributed by atoms with van der Waals surface area (Å²) in [5.74, 6) is 0. The Labute approximate surface area is 88.1 Å². The molecule has 2 nitrogen and oxygen atoms in total. The molecule has 0 unspecified atom stereocenters. The number of rotatable bonds is 1. The zero-order chi connectivity index (χ0) is 10.1. The molecule has 1 aromatic carbocycles. The molecule has 2 aromatic rings. The second-order valence-electron chi connectivity index (χ2n) is 3.30. The highest BCUT2D eigenvalue weighted by Crippen LogP contribution is 2.21. The average Bonchev–Trinajstić information content (AvgIpc) is 2.47. The normalized spacial score (nSPS) is 10.5. The Kier molecular flexibility index (Phi) is 2.30. The van der Waals surface area contributed by atoms with E-state index in [4.69, 9.17) is 11.6 Å². The van der Waals surface area contributed by atoms with Crippen LogP contribution in [0.1, 0.15) is 5.69 Å². The minimum Gasteiger partial charge on any atom is -0.268 e. The zero-order valence-electron chi connectivity index (χ0n) is 8.16. The molecule has 1 heterocycles. The van der Waals surface area contributed by atoms with E-state index in [1.54, 1.807) is 0 Å². The van der Waals surface area contributed by atoms with Gasteiger partial charge in [0.15, 0.2) is 0 Å². The molecule has 0 radical (unpaired) electrons. The van der Waals surface area contributed by atoms with Crippen molar-refractivity contribution in [1.29, 1.82) is 0 Å². The molecule has 0 N–H and O–H groups in total. The lowest BCUT2D eigenvalue weighted by Gasteiger charge is -2.01. The van der Waals surface area contributed by atoms with E-state index in [0.29, 0.717) is 0 Å². The van der Waals surface area contributed by atoms with Crippen LogP contribution in [-0.4, -0.2) is 9.78 Å². The Morgan fingerprint density at radius 1 is 1.21 bits per heavy atom. The third kappa shape index (κ3) is 1.66.